The standard InChI is InChI=1S/C27H22BrN3O6S2/c1-13-4-7-15(8-5-13)12-38-27-30-29-26(39-27)31-21(16-10-17(28)22(32)19(11-16)36-3)20(24(34)25(31)35)23(33)18-9-6-14(2)37-18/h4-11,21,32,34H,12H2,1-3H3. The van der Waals surface area contributed by atoms with Gasteiger partial charge in [0.05, 0.1) is 23.2 Å². The van der Waals surface area contributed by atoms with E-state index in [2.05, 4.69) is 26.1 Å². The molecule has 0 saturated carbocycles. The number of thioether (sulfide) groups is 1. The number of hydrogen-bond acceptors (Lipinski definition) is 10. The maximum atomic E-state index is 13.6. The molecule has 12 heteroatoms. The first kappa shape index (κ1) is 27.0. The Kier molecular flexibility index (Phi) is 7.52. The highest BCUT2D eigenvalue weighted by atomic mass is 79.9. The van der Waals surface area contributed by atoms with E-state index in [0.29, 0.717) is 21.4 Å². The highest BCUT2D eigenvalue weighted by Gasteiger charge is 2.47. The van der Waals surface area contributed by atoms with Crippen LogP contribution in [0, 0.1) is 13.8 Å². The summed E-state index contributed by atoms with van der Waals surface area (Å²) in [5, 5.41) is 30.0. The van der Waals surface area contributed by atoms with Gasteiger partial charge in [-0.3, -0.25) is 14.5 Å². The lowest BCUT2D eigenvalue weighted by Crippen LogP contribution is -2.31. The number of phenols is 1. The number of carbonyl (C=O) groups is 2. The van der Waals surface area contributed by atoms with E-state index in [-0.39, 0.29) is 32.4 Å². The van der Waals surface area contributed by atoms with Crippen molar-refractivity contribution in [2.75, 3.05) is 12.0 Å². The number of methoxy groups -OCH3 is 1. The number of Topliss-reactive ketones (excluding diaryl/α,β-unsaturated/α-hetero) is 1. The first-order valence-corrected chi connectivity index (χ1v) is 14.2. The maximum absolute atomic E-state index is 13.6. The van der Waals surface area contributed by atoms with Crippen molar-refractivity contribution in [3.8, 4) is 11.5 Å². The van der Waals surface area contributed by atoms with Crippen LogP contribution in [0.5, 0.6) is 11.5 Å². The summed E-state index contributed by atoms with van der Waals surface area (Å²) in [5.41, 5.74) is 2.49. The molecule has 1 unspecified atom stereocenters. The van der Waals surface area contributed by atoms with Gasteiger partial charge < -0.3 is 19.4 Å². The number of rotatable bonds is 8. The van der Waals surface area contributed by atoms with Crippen LogP contribution in [-0.2, 0) is 10.5 Å². The first-order valence-electron chi connectivity index (χ1n) is 11.6. The molecule has 2 aromatic heterocycles. The highest BCUT2D eigenvalue weighted by Crippen LogP contribution is 2.47. The Morgan fingerprint density at radius 1 is 1.15 bits per heavy atom. The molecule has 0 aliphatic carbocycles. The molecule has 3 heterocycles. The number of ketones is 1. The predicted molar refractivity (Wildman–Crippen MR) is 151 cm³/mol. The van der Waals surface area contributed by atoms with E-state index < -0.39 is 23.5 Å². The molecule has 1 atom stereocenters. The Hall–Kier alpha value is -3.61. The molecule has 0 bridgehead atoms. The molecular formula is C27H22BrN3O6S2. The van der Waals surface area contributed by atoms with Crippen LogP contribution in [0.3, 0.4) is 0 Å². The normalized spacial score (nSPS) is 15.3. The quantitative estimate of drug-likeness (QED) is 0.131. The van der Waals surface area contributed by atoms with Gasteiger partial charge in [-0.05, 0) is 65.2 Å². The summed E-state index contributed by atoms with van der Waals surface area (Å²) in [7, 11) is 1.39. The van der Waals surface area contributed by atoms with E-state index in [0.717, 1.165) is 5.56 Å². The molecule has 5 rings (SSSR count). The zero-order chi connectivity index (χ0) is 27.8. The Morgan fingerprint density at radius 3 is 2.56 bits per heavy atom. The molecular weight excluding hydrogens is 606 g/mol. The number of aromatic hydroxyl groups is 1. The van der Waals surface area contributed by atoms with Crippen molar-refractivity contribution >= 4 is 55.9 Å². The summed E-state index contributed by atoms with van der Waals surface area (Å²) < 4.78 is 11.7. The maximum Gasteiger partial charge on any atom is 0.296 e. The second-order valence-corrected chi connectivity index (χ2v) is 11.8. The minimum atomic E-state index is -1.09. The third kappa shape index (κ3) is 5.19. The SMILES string of the molecule is COc1cc(C2C(C(=O)c3ccc(C)o3)=C(O)C(=O)N2c2nnc(SCc3ccc(C)cc3)s2)cc(Br)c1O. The van der Waals surface area contributed by atoms with Crippen LogP contribution in [0.15, 0.2) is 73.1 Å². The molecule has 200 valence electrons. The fraction of sp³-hybridized carbons (Fsp3) is 0.185. The lowest BCUT2D eigenvalue weighted by atomic mass is 9.95. The van der Waals surface area contributed by atoms with Gasteiger partial charge in [0, 0.05) is 5.75 Å². The average Bonchev–Trinajstić information content (AvgIpc) is 3.63. The van der Waals surface area contributed by atoms with Crippen molar-refractivity contribution in [1.29, 1.82) is 0 Å². The largest absolute Gasteiger partial charge is 0.503 e. The fourth-order valence-electron chi connectivity index (χ4n) is 4.13. The third-order valence-corrected chi connectivity index (χ3v) is 8.82. The third-order valence-electron chi connectivity index (χ3n) is 6.09. The molecule has 1 amide bonds. The number of carbonyl (C=O) groups excluding carboxylic acids is 2. The number of aliphatic hydroxyl groups excluding tert-OH is 1. The Balaban J connectivity index is 1.54. The van der Waals surface area contributed by atoms with Gasteiger partial charge >= 0.3 is 0 Å². The van der Waals surface area contributed by atoms with Gasteiger partial charge in [-0.1, -0.05) is 52.9 Å². The Labute approximate surface area is 240 Å². The van der Waals surface area contributed by atoms with E-state index in [4.69, 9.17) is 9.15 Å². The number of benzene rings is 2. The number of furan rings is 1. The van der Waals surface area contributed by atoms with Crippen LogP contribution in [-0.4, -0.2) is 39.2 Å². The molecule has 39 heavy (non-hydrogen) atoms. The van der Waals surface area contributed by atoms with Crippen molar-refractivity contribution in [1.82, 2.24) is 10.2 Å². The topological polar surface area (TPSA) is 126 Å². The number of hydrogen-bond donors (Lipinski definition) is 2. The molecule has 0 spiro atoms. The molecule has 0 saturated heterocycles. The van der Waals surface area contributed by atoms with Crippen molar-refractivity contribution in [2.24, 2.45) is 0 Å². The van der Waals surface area contributed by atoms with Crippen molar-refractivity contribution in [3.05, 3.63) is 92.5 Å². The first-order chi connectivity index (χ1) is 18.7. The van der Waals surface area contributed by atoms with E-state index in [1.165, 1.54) is 52.8 Å². The number of nitrogens with zero attached hydrogens (tertiary/aromatic N) is 3. The van der Waals surface area contributed by atoms with Gasteiger partial charge in [0.25, 0.3) is 5.91 Å². The molecule has 2 N–H and O–H groups in total. The minimum Gasteiger partial charge on any atom is -0.503 e. The van der Waals surface area contributed by atoms with Crippen LogP contribution < -0.4 is 9.64 Å². The number of halogens is 1. The van der Waals surface area contributed by atoms with Crippen LogP contribution in [0.4, 0.5) is 5.13 Å². The highest BCUT2D eigenvalue weighted by molar-refractivity contribution is 9.10. The van der Waals surface area contributed by atoms with E-state index >= 15 is 0 Å². The van der Waals surface area contributed by atoms with Crippen LogP contribution in [0.25, 0.3) is 0 Å². The van der Waals surface area contributed by atoms with Gasteiger partial charge in [-0.25, -0.2) is 0 Å². The number of aromatic nitrogens is 2. The Bertz CT molecular complexity index is 1610. The number of anilines is 1. The molecule has 4 aromatic rings. The van der Waals surface area contributed by atoms with Crippen LogP contribution in [0.2, 0.25) is 0 Å². The summed E-state index contributed by atoms with van der Waals surface area (Å²) >= 11 is 5.94. The average molecular weight is 629 g/mol. The smallest absolute Gasteiger partial charge is 0.296 e. The van der Waals surface area contributed by atoms with Crippen LogP contribution >= 0.6 is 39.0 Å². The minimum absolute atomic E-state index is 0.0230. The van der Waals surface area contributed by atoms with Gasteiger partial charge in [-0.15, -0.1) is 10.2 Å². The summed E-state index contributed by atoms with van der Waals surface area (Å²) in [4.78, 5) is 28.2. The zero-order valence-electron chi connectivity index (χ0n) is 21.0. The van der Waals surface area contributed by atoms with Crippen LogP contribution in [0.1, 0.15) is 39.0 Å². The van der Waals surface area contributed by atoms with E-state index in [1.54, 1.807) is 19.1 Å². The van der Waals surface area contributed by atoms with E-state index in [1.807, 2.05) is 31.2 Å². The molecule has 1 aliphatic rings. The molecule has 9 nitrogen and oxygen atoms in total. The number of aliphatic hydroxyl groups is 1. The monoisotopic (exact) mass is 627 g/mol. The summed E-state index contributed by atoms with van der Waals surface area (Å²) in [6.07, 6.45) is 0. The molecule has 0 fully saturated rings. The summed E-state index contributed by atoms with van der Waals surface area (Å²) in [6, 6.07) is 13.2. The molecule has 0 radical (unpaired) electrons. The second-order valence-electron chi connectivity index (χ2n) is 8.76. The number of amides is 1. The van der Waals surface area contributed by atoms with Gasteiger partial charge in [-0.2, -0.15) is 0 Å². The predicted octanol–water partition coefficient (Wildman–Crippen LogP) is 6.30. The van der Waals surface area contributed by atoms with Gasteiger partial charge in [0.1, 0.15) is 5.76 Å². The number of phenolic OH excluding ortho intramolecular Hbond substituents is 1. The van der Waals surface area contributed by atoms with Crippen molar-refractivity contribution in [2.45, 2.75) is 30.0 Å². The second kappa shape index (κ2) is 10.9. The Morgan fingerprint density at radius 2 is 1.90 bits per heavy atom. The summed E-state index contributed by atoms with van der Waals surface area (Å²) in [5.74, 6) is -1.07. The molecule has 1 aliphatic heterocycles. The zero-order valence-corrected chi connectivity index (χ0v) is 24.2. The van der Waals surface area contributed by atoms with Gasteiger partial charge in [0.15, 0.2) is 27.4 Å². The number of aryl methyl sites for hydroxylation is 2. The van der Waals surface area contributed by atoms with Crippen molar-refractivity contribution < 1.29 is 29.0 Å². The molecule has 2 aromatic carbocycles. The van der Waals surface area contributed by atoms with Gasteiger partial charge in [0.2, 0.25) is 10.9 Å². The lowest BCUT2D eigenvalue weighted by Gasteiger charge is -2.24. The van der Waals surface area contributed by atoms with E-state index in [9.17, 15) is 19.8 Å². The fourth-order valence-corrected chi connectivity index (χ4v) is 6.42. The van der Waals surface area contributed by atoms with Crippen molar-refractivity contribution in [3.63, 3.8) is 0 Å². The summed E-state index contributed by atoms with van der Waals surface area (Å²) in [6.45, 7) is 3.71. The lowest BCUT2D eigenvalue weighted by molar-refractivity contribution is -0.117. The number of ether oxygens (including phenoxy) is 1.